The monoisotopic (exact) mass is 615 g/mol. The Morgan fingerprint density at radius 2 is 1.81 bits per heavy atom. The molecule has 0 saturated carbocycles. The Morgan fingerprint density at radius 1 is 1.08 bits per heavy atom. The standard InChI is InChI=1S/C26H15BrFNO5S3/c27-16-5-3-15(4-6-16)22-18(9-10-19-23(22)37-26(32)34-19)33-21(30)11-12-29-24(31)20(36-25(29)35)13-14-1-7-17(28)8-2-14/h1-10,13H,11-12H2. The number of nitrogens with zero attached hydrogens (tertiary/aromatic N) is 1. The largest absolute Gasteiger partial charge is 0.426 e. The third kappa shape index (κ3) is 5.59. The fraction of sp³-hybridized carbons (Fsp3) is 0.0769. The summed E-state index contributed by atoms with van der Waals surface area (Å²) in [5.74, 6) is -0.983. The Labute approximate surface area is 231 Å². The van der Waals surface area contributed by atoms with E-state index < -0.39 is 10.9 Å². The van der Waals surface area contributed by atoms with Crippen LogP contribution in [-0.4, -0.2) is 27.6 Å². The number of benzene rings is 3. The van der Waals surface area contributed by atoms with E-state index in [1.807, 2.05) is 24.3 Å². The van der Waals surface area contributed by atoms with Gasteiger partial charge in [0, 0.05) is 16.6 Å². The normalized spacial score (nSPS) is 14.6. The van der Waals surface area contributed by atoms with Gasteiger partial charge in [-0.3, -0.25) is 14.5 Å². The Balaban J connectivity index is 1.33. The van der Waals surface area contributed by atoms with Gasteiger partial charge >= 0.3 is 10.9 Å². The number of rotatable bonds is 6. The Morgan fingerprint density at radius 3 is 2.54 bits per heavy atom. The average Bonchev–Trinajstić information content (AvgIpc) is 3.37. The number of hydrogen-bond acceptors (Lipinski definition) is 8. The van der Waals surface area contributed by atoms with Crippen molar-refractivity contribution in [3.8, 4) is 16.9 Å². The predicted molar refractivity (Wildman–Crippen MR) is 150 cm³/mol. The highest BCUT2D eigenvalue weighted by Crippen LogP contribution is 2.39. The van der Waals surface area contributed by atoms with Crippen molar-refractivity contribution in [2.24, 2.45) is 0 Å². The SMILES string of the molecule is O=C(CCN1C(=O)C(=Cc2ccc(F)cc2)SC1=S)Oc1ccc2oc(=O)sc2c1-c1ccc(Br)cc1. The number of fused-ring (bicyclic) bond motifs is 1. The lowest BCUT2D eigenvalue weighted by atomic mass is 10.0. The number of thioether (sulfide) groups is 1. The molecule has 186 valence electrons. The molecular weight excluding hydrogens is 601 g/mol. The molecule has 1 aliphatic heterocycles. The van der Waals surface area contributed by atoms with Gasteiger partial charge in [0.15, 0.2) is 0 Å². The molecule has 11 heteroatoms. The van der Waals surface area contributed by atoms with Gasteiger partial charge in [-0.1, -0.05) is 75.5 Å². The van der Waals surface area contributed by atoms with Gasteiger partial charge in [-0.05, 0) is 53.6 Å². The Bertz CT molecular complexity index is 1630. The summed E-state index contributed by atoms with van der Waals surface area (Å²) in [5.41, 5.74) is 2.38. The molecule has 0 aliphatic carbocycles. The van der Waals surface area contributed by atoms with Crippen molar-refractivity contribution in [2.45, 2.75) is 6.42 Å². The average molecular weight is 617 g/mol. The molecule has 6 nitrogen and oxygen atoms in total. The molecule has 0 bridgehead atoms. The van der Waals surface area contributed by atoms with Gasteiger partial charge in [-0.2, -0.15) is 0 Å². The molecule has 0 spiro atoms. The first kappa shape index (κ1) is 25.5. The lowest BCUT2D eigenvalue weighted by molar-refractivity contribution is -0.134. The van der Waals surface area contributed by atoms with Gasteiger partial charge in [0.2, 0.25) is 0 Å². The van der Waals surface area contributed by atoms with Gasteiger partial charge < -0.3 is 9.15 Å². The molecule has 0 atom stereocenters. The summed E-state index contributed by atoms with van der Waals surface area (Å²) >= 11 is 10.8. The number of carbonyl (C=O) groups excluding carboxylic acids is 2. The zero-order valence-corrected chi connectivity index (χ0v) is 22.8. The van der Waals surface area contributed by atoms with Crippen LogP contribution in [0, 0.1) is 5.82 Å². The Hall–Kier alpha value is -3.12. The van der Waals surface area contributed by atoms with Gasteiger partial charge in [0.25, 0.3) is 5.91 Å². The molecule has 1 aromatic heterocycles. The lowest BCUT2D eigenvalue weighted by Gasteiger charge is -2.15. The number of carbonyl (C=O) groups is 2. The number of ether oxygens (including phenoxy) is 1. The molecule has 0 radical (unpaired) electrons. The molecule has 0 N–H and O–H groups in total. The van der Waals surface area contributed by atoms with Crippen molar-refractivity contribution >= 4 is 83.8 Å². The molecular formula is C26H15BrFNO5S3. The zero-order chi connectivity index (χ0) is 26.1. The summed E-state index contributed by atoms with van der Waals surface area (Å²) < 4.78 is 25.9. The van der Waals surface area contributed by atoms with Crippen molar-refractivity contribution in [1.29, 1.82) is 0 Å². The van der Waals surface area contributed by atoms with Crippen LogP contribution in [0.1, 0.15) is 12.0 Å². The molecule has 1 aliphatic rings. The Kier molecular flexibility index (Phi) is 7.38. The van der Waals surface area contributed by atoms with E-state index in [2.05, 4.69) is 15.9 Å². The van der Waals surface area contributed by atoms with Crippen LogP contribution in [-0.2, 0) is 9.59 Å². The van der Waals surface area contributed by atoms with Crippen LogP contribution in [0.5, 0.6) is 5.75 Å². The molecule has 1 amide bonds. The second-order valence-corrected chi connectivity index (χ2v) is 11.4. The molecule has 4 aromatic rings. The fourth-order valence-electron chi connectivity index (χ4n) is 3.68. The van der Waals surface area contributed by atoms with Crippen LogP contribution in [0.25, 0.3) is 27.5 Å². The summed E-state index contributed by atoms with van der Waals surface area (Å²) in [4.78, 5) is 38.8. The van der Waals surface area contributed by atoms with Gasteiger partial charge in [-0.15, -0.1) is 0 Å². The third-order valence-electron chi connectivity index (χ3n) is 5.40. The number of thiocarbonyl (C=S) groups is 1. The van der Waals surface area contributed by atoms with Crippen molar-refractivity contribution < 1.29 is 23.1 Å². The maximum absolute atomic E-state index is 13.2. The lowest BCUT2D eigenvalue weighted by Crippen LogP contribution is -2.31. The molecule has 1 fully saturated rings. The van der Waals surface area contributed by atoms with Crippen LogP contribution in [0.4, 0.5) is 4.39 Å². The summed E-state index contributed by atoms with van der Waals surface area (Å²) in [6.45, 7) is 0.0408. The first-order chi connectivity index (χ1) is 17.8. The summed E-state index contributed by atoms with van der Waals surface area (Å²) in [6, 6.07) is 16.3. The quantitative estimate of drug-likeness (QED) is 0.104. The molecule has 5 rings (SSSR count). The van der Waals surface area contributed by atoms with Crippen LogP contribution in [0.15, 0.2) is 79.3 Å². The minimum Gasteiger partial charge on any atom is -0.426 e. The minimum atomic E-state index is -0.565. The smallest absolute Gasteiger partial charge is 0.396 e. The molecule has 2 heterocycles. The fourth-order valence-corrected chi connectivity index (χ4v) is 6.08. The van der Waals surface area contributed by atoms with Gasteiger partial charge in [0.1, 0.15) is 21.5 Å². The van der Waals surface area contributed by atoms with Crippen molar-refractivity contribution in [3.63, 3.8) is 0 Å². The van der Waals surface area contributed by atoms with E-state index in [-0.39, 0.29) is 30.4 Å². The van der Waals surface area contributed by atoms with E-state index in [9.17, 15) is 18.8 Å². The zero-order valence-electron chi connectivity index (χ0n) is 18.7. The van der Waals surface area contributed by atoms with E-state index in [1.54, 1.807) is 30.3 Å². The van der Waals surface area contributed by atoms with Gasteiger partial charge in [-0.25, -0.2) is 9.18 Å². The topological polar surface area (TPSA) is 76.8 Å². The van der Waals surface area contributed by atoms with Crippen LogP contribution in [0.3, 0.4) is 0 Å². The summed E-state index contributed by atoms with van der Waals surface area (Å²) in [5, 5.41) is 0. The van der Waals surface area contributed by atoms with Crippen molar-refractivity contribution in [3.05, 3.63) is 91.2 Å². The number of hydrogen-bond donors (Lipinski definition) is 0. The first-order valence-corrected chi connectivity index (χ1v) is 13.7. The maximum atomic E-state index is 13.2. The number of esters is 1. The highest BCUT2D eigenvalue weighted by molar-refractivity contribution is 9.10. The number of halogens is 2. The number of amides is 1. The van der Waals surface area contributed by atoms with E-state index >= 15 is 0 Å². The minimum absolute atomic E-state index is 0.0408. The molecule has 0 unspecified atom stereocenters. The highest BCUT2D eigenvalue weighted by Gasteiger charge is 2.32. The van der Waals surface area contributed by atoms with Crippen LogP contribution in [0.2, 0.25) is 0 Å². The van der Waals surface area contributed by atoms with Crippen LogP contribution >= 0.6 is 51.2 Å². The molecule has 37 heavy (non-hydrogen) atoms. The predicted octanol–water partition coefficient (Wildman–Crippen LogP) is 6.62. The van der Waals surface area contributed by atoms with E-state index in [0.717, 1.165) is 33.1 Å². The highest BCUT2D eigenvalue weighted by atomic mass is 79.9. The molecule has 1 saturated heterocycles. The van der Waals surface area contributed by atoms with E-state index in [4.69, 9.17) is 21.4 Å². The molecule has 3 aromatic carbocycles. The second-order valence-electron chi connectivity index (χ2n) is 7.84. The summed E-state index contributed by atoms with van der Waals surface area (Å²) in [6.07, 6.45) is 1.53. The maximum Gasteiger partial charge on any atom is 0.396 e. The van der Waals surface area contributed by atoms with Crippen molar-refractivity contribution in [1.82, 2.24) is 4.90 Å². The van der Waals surface area contributed by atoms with E-state index in [0.29, 0.717) is 30.6 Å². The summed E-state index contributed by atoms with van der Waals surface area (Å²) in [7, 11) is 0. The third-order valence-corrected chi connectivity index (χ3v) is 8.17. The second kappa shape index (κ2) is 10.7. The van der Waals surface area contributed by atoms with Crippen molar-refractivity contribution in [2.75, 3.05) is 6.54 Å². The first-order valence-electron chi connectivity index (χ1n) is 10.8. The van der Waals surface area contributed by atoms with E-state index in [1.165, 1.54) is 17.0 Å². The van der Waals surface area contributed by atoms with Gasteiger partial charge in [0.05, 0.1) is 16.0 Å². The van der Waals surface area contributed by atoms with Crippen LogP contribution < -0.4 is 9.68 Å².